The van der Waals surface area contributed by atoms with E-state index in [0.29, 0.717) is 6.04 Å². The zero-order chi connectivity index (χ0) is 13.3. The van der Waals surface area contributed by atoms with Crippen molar-refractivity contribution >= 4 is 10.9 Å². The fourth-order valence-corrected chi connectivity index (χ4v) is 2.15. The van der Waals surface area contributed by atoms with Gasteiger partial charge in [0.25, 0.3) is 0 Å². The standard InChI is InChI=1S/C15H22N2O/c1-11-8-14-13(9-15(11)18-5)6-7-17(14)10-12(2)16(3)4/h6-9,12H,10H2,1-5H3. The number of aromatic nitrogens is 1. The van der Waals surface area contributed by atoms with Gasteiger partial charge in [0.2, 0.25) is 0 Å². The summed E-state index contributed by atoms with van der Waals surface area (Å²) >= 11 is 0. The number of ether oxygens (including phenoxy) is 1. The molecule has 0 radical (unpaired) electrons. The zero-order valence-corrected chi connectivity index (χ0v) is 11.9. The molecule has 1 unspecified atom stereocenters. The third-order valence-electron chi connectivity index (χ3n) is 3.63. The van der Waals surface area contributed by atoms with Crippen LogP contribution in [0.25, 0.3) is 10.9 Å². The van der Waals surface area contributed by atoms with Gasteiger partial charge in [0.15, 0.2) is 0 Å². The molecule has 0 spiro atoms. The van der Waals surface area contributed by atoms with E-state index in [-0.39, 0.29) is 0 Å². The van der Waals surface area contributed by atoms with Crippen LogP contribution >= 0.6 is 0 Å². The first-order valence-corrected chi connectivity index (χ1v) is 6.33. The van der Waals surface area contributed by atoms with Crippen LogP contribution in [0.5, 0.6) is 5.75 Å². The van der Waals surface area contributed by atoms with Crippen molar-refractivity contribution in [3.05, 3.63) is 30.0 Å². The average molecular weight is 246 g/mol. The fourth-order valence-electron chi connectivity index (χ4n) is 2.15. The zero-order valence-electron chi connectivity index (χ0n) is 11.9. The minimum Gasteiger partial charge on any atom is -0.496 e. The average Bonchev–Trinajstić information content (AvgIpc) is 2.70. The number of likely N-dealkylation sites (N-methyl/N-ethyl adjacent to an activating group) is 1. The van der Waals surface area contributed by atoms with Crippen LogP contribution in [-0.4, -0.2) is 36.7 Å². The molecule has 0 aliphatic carbocycles. The molecular formula is C15H22N2O. The van der Waals surface area contributed by atoms with Gasteiger partial charge in [0.1, 0.15) is 5.75 Å². The summed E-state index contributed by atoms with van der Waals surface area (Å²) in [5.74, 6) is 0.959. The van der Waals surface area contributed by atoms with E-state index in [1.54, 1.807) is 7.11 Å². The van der Waals surface area contributed by atoms with Crippen LogP contribution in [0, 0.1) is 6.92 Å². The van der Waals surface area contributed by atoms with Crippen molar-refractivity contribution in [2.24, 2.45) is 0 Å². The molecule has 2 rings (SSSR count). The van der Waals surface area contributed by atoms with Crippen LogP contribution in [0.2, 0.25) is 0 Å². The third-order valence-corrected chi connectivity index (χ3v) is 3.63. The van der Waals surface area contributed by atoms with E-state index in [1.165, 1.54) is 16.5 Å². The minimum absolute atomic E-state index is 0.517. The molecule has 0 fully saturated rings. The maximum Gasteiger partial charge on any atom is 0.122 e. The van der Waals surface area contributed by atoms with Gasteiger partial charge in [0, 0.05) is 29.7 Å². The second kappa shape index (κ2) is 5.02. The Morgan fingerprint density at radius 2 is 2.06 bits per heavy atom. The monoisotopic (exact) mass is 246 g/mol. The smallest absolute Gasteiger partial charge is 0.122 e. The number of fused-ring (bicyclic) bond motifs is 1. The van der Waals surface area contributed by atoms with Gasteiger partial charge in [-0.3, -0.25) is 0 Å². The largest absolute Gasteiger partial charge is 0.496 e. The van der Waals surface area contributed by atoms with Gasteiger partial charge in [-0.15, -0.1) is 0 Å². The molecule has 2 aromatic rings. The number of benzene rings is 1. The highest BCUT2D eigenvalue weighted by Gasteiger charge is 2.09. The Hall–Kier alpha value is -1.48. The van der Waals surface area contributed by atoms with Crippen LogP contribution in [0.1, 0.15) is 12.5 Å². The van der Waals surface area contributed by atoms with Gasteiger partial charge in [0.05, 0.1) is 7.11 Å². The molecule has 1 atom stereocenters. The molecular weight excluding hydrogens is 224 g/mol. The summed E-state index contributed by atoms with van der Waals surface area (Å²) in [4.78, 5) is 2.24. The predicted molar refractivity (Wildman–Crippen MR) is 76.4 cm³/mol. The minimum atomic E-state index is 0.517. The number of rotatable bonds is 4. The number of hydrogen-bond acceptors (Lipinski definition) is 2. The van der Waals surface area contributed by atoms with E-state index in [0.717, 1.165) is 12.3 Å². The van der Waals surface area contributed by atoms with Crippen molar-refractivity contribution in [3.8, 4) is 5.75 Å². The van der Waals surface area contributed by atoms with Crippen molar-refractivity contribution in [2.75, 3.05) is 21.2 Å². The van der Waals surface area contributed by atoms with Crippen molar-refractivity contribution in [1.29, 1.82) is 0 Å². The summed E-state index contributed by atoms with van der Waals surface area (Å²) in [6.45, 7) is 5.33. The molecule has 1 aromatic carbocycles. The quantitative estimate of drug-likeness (QED) is 0.825. The SMILES string of the molecule is COc1cc2ccn(CC(C)N(C)C)c2cc1C. The van der Waals surface area contributed by atoms with Crippen LogP contribution in [0.3, 0.4) is 0 Å². The molecule has 1 aromatic heterocycles. The van der Waals surface area contributed by atoms with Gasteiger partial charge < -0.3 is 14.2 Å². The lowest BCUT2D eigenvalue weighted by Crippen LogP contribution is -2.28. The summed E-state index contributed by atoms with van der Waals surface area (Å²) in [5, 5.41) is 1.24. The molecule has 0 aliphatic heterocycles. The van der Waals surface area contributed by atoms with Gasteiger partial charge >= 0.3 is 0 Å². The van der Waals surface area contributed by atoms with Crippen LogP contribution < -0.4 is 4.74 Å². The lowest BCUT2D eigenvalue weighted by Gasteiger charge is -2.21. The van der Waals surface area contributed by atoms with E-state index < -0.39 is 0 Å². The summed E-state index contributed by atoms with van der Waals surface area (Å²) < 4.78 is 7.68. The van der Waals surface area contributed by atoms with Gasteiger partial charge in [-0.25, -0.2) is 0 Å². The molecule has 3 heteroatoms. The highest BCUT2D eigenvalue weighted by atomic mass is 16.5. The Labute approximate surface area is 109 Å². The van der Waals surface area contributed by atoms with E-state index in [1.807, 2.05) is 0 Å². The highest BCUT2D eigenvalue weighted by molar-refractivity contribution is 5.82. The Balaban J connectivity index is 2.39. The fraction of sp³-hybridized carbons (Fsp3) is 0.467. The second-order valence-electron chi connectivity index (χ2n) is 5.16. The molecule has 3 nitrogen and oxygen atoms in total. The molecule has 0 aliphatic rings. The number of aryl methyl sites for hydroxylation is 1. The summed E-state index contributed by atoms with van der Waals surface area (Å²) in [5.41, 5.74) is 2.46. The van der Waals surface area contributed by atoms with Crippen LogP contribution in [0.4, 0.5) is 0 Å². The first kappa shape index (κ1) is 13.0. The van der Waals surface area contributed by atoms with E-state index >= 15 is 0 Å². The number of nitrogens with zero attached hydrogens (tertiary/aromatic N) is 2. The Kier molecular flexibility index (Phi) is 3.62. The van der Waals surface area contributed by atoms with Gasteiger partial charge in [-0.1, -0.05) is 0 Å². The second-order valence-corrected chi connectivity index (χ2v) is 5.16. The van der Waals surface area contributed by atoms with Crippen molar-refractivity contribution in [2.45, 2.75) is 26.4 Å². The first-order chi connectivity index (χ1) is 8.52. The predicted octanol–water partition coefficient (Wildman–Crippen LogP) is 2.91. The van der Waals surface area contributed by atoms with Crippen molar-refractivity contribution in [3.63, 3.8) is 0 Å². The molecule has 0 amide bonds. The summed E-state index contributed by atoms with van der Waals surface area (Å²) in [7, 11) is 5.95. The molecule has 0 bridgehead atoms. The highest BCUT2D eigenvalue weighted by Crippen LogP contribution is 2.26. The van der Waals surface area contributed by atoms with Crippen LogP contribution in [-0.2, 0) is 6.54 Å². The van der Waals surface area contributed by atoms with E-state index in [9.17, 15) is 0 Å². The number of methoxy groups -OCH3 is 1. The lowest BCUT2D eigenvalue weighted by atomic mass is 10.1. The molecule has 0 saturated carbocycles. The first-order valence-electron chi connectivity index (χ1n) is 6.33. The van der Waals surface area contributed by atoms with Crippen LogP contribution in [0.15, 0.2) is 24.4 Å². The molecule has 18 heavy (non-hydrogen) atoms. The van der Waals surface area contributed by atoms with Gasteiger partial charge in [-0.05, 0) is 51.7 Å². The molecule has 0 saturated heterocycles. The van der Waals surface area contributed by atoms with Crippen molar-refractivity contribution < 1.29 is 4.74 Å². The lowest BCUT2D eigenvalue weighted by molar-refractivity contribution is 0.286. The van der Waals surface area contributed by atoms with Gasteiger partial charge in [-0.2, -0.15) is 0 Å². The van der Waals surface area contributed by atoms with E-state index in [4.69, 9.17) is 4.74 Å². The Morgan fingerprint density at radius 3 is 2.67 bits per heavy atom. The number of hydrogen-bond donors (Lipinski definition) is 0. The Morgan fingerprint density at radius 1 is 1.33 bits per heavy atom. The summed E-state index contributed by atoms with van der Waals surface area (Å²) in [6, 6.07) is 6.99. The maximum absolute atomic E-state index is 5.36. The normalized spacial score (nSPS) is 13.2. The van der Waals surface area contributed by atoms with Crippen molar-refractivity contribution in [1.82, 2.24) is 9.47 Å². The summed E-state index contributed by atoms with van der Waals surface area (Å²) in [6.07, 6.45) is 2.16. The Bertz CT molecular complexity index is 543. The molecule has 0 N–H and O–H groups in total. The topological polar surface area (TPSA) is 17.4 Å². The maximum atomic E-state index is 5.36. The molecule has 1 heterocycles. The third kappa shape index (κ3) is 2.36. The van der Waals surface area contributed by atoms with E-state index in [2.05, 4.69) is 61.8 Å². The molecule has 98 valence electrons.